The molecule has 0 aliphatic carbocycles. The molecule has 0 bridgehead atoms. The van der Waals surface area contributed by atoms with Crippen LogP contribution >= 0.6 is 11.6 Å². The first-order valence-electron chi connectivity index (χ1n) is 8.34. The van der Waals surface area contributed by atoms with Crippen LogP contribution in [-0.4, -0.2) is 55.1 Å². The third-order valence-electron chi connectivity index (χ3n) is 4.75. The highest BCUT2D eigenvalue weighted by Crippen LogP contribution is 2.25. The smallest absolute Gasteiger partial charge is 0.304 e. The van der Waals surface area contributed by atoms with Gasteiger partial charge in [-0.25, -0.2) is 4.72 Å². The summed E-state index contributed by atoms with van der Waals surface area (Å²) in [6, 6.07) is 13.6. The van der Waals surface area contributed by atoms with E-state index in [0.717, 1.165) is 15.4 Å². The van der Waals surface area contributed by atoms with Gasteiger partial charge in [0.2, 0.25) is 0 Å². The van der Waals surface area contributed by atoms with Crippen molar-refractivity contribution in [3.8, 4) is 11.1 Å². The van der Waals surface area contributed by atoms with E-state index in [4.69, 9.17) is 11.6 Å². The molecule has 27 heavy (non-hydrogen) atoms. The molecule has 2 aromatic rings. The molecule has 0 radical (unpaired) electrons. The first kappa shape index (κ1) is 18.0. The van der Waals surface area contributed by atoms with Crippen molar-refractivity contribution >= 4 is 33.6 Å². The summed E-state index contributed by atoms with van der Waals surface area (Å²) in [7, 11) is -3.77. The van der Waals surface area contributed by atoms with E-state index in [1.807, 2.05) is 22.9 Å². The van der Waals surface area contributed by atoms with E-state index in [0.29, 0.717) is 10.6 Å². The Labute approximate surface area is 161 Å². The zero-order valence-electron chi connectivity index (χ0n) is 14.1. The van der Waals surface area contributed by atoms with Gasteiger partial charge in [-0.1, -0.05) is 35.9 Å². The van der Waals surface area contributed by atoms with E-state index in [9.17, 15) is 18.0 Å². The fraction of sp³-hybridized carbons (Fsp3) is 0.222. The second kappa shape index (κ2) is 6.63. The normalized spacial score (nSPS) is 21.6. The van der Waals surface area contributed by atoms with E-state index in [1.54, 1.807) is 30.3 Å². The number of halogens is 1. The third-order valence-corrected chi connectivity index (χ3v) is 6.51. The van der Waals surface area contributed by atoms with Gasteiger partial charge >= 0.3 is 10.2 Å². The summed E-state index contributed by atoms with van der Waals surface area (Å²) in [6.07, 6.45) is 0. The second-order valence-electron chi connectivity index (χ2n) is 6.44. The van der Waals surface area contributed by atoms with Crippen molar-refractivity contribution in [2.45, 2.75) is 6.04 Å². The Morgan fingerprint density at radius 2 is 1.81 bits per heavy atom. The van der Waals surface area contributed by atoms with Crippen LogP contribution in [0.3, 0.4) is 0 Å². The summed E-state index contributed by atoms with van der Waals surface area (Å²) in [6.45, 7) is 0.359. The molecule has 2 aliphatic rings. The first-order chi connectivity index (χ1) is 12.8. The van der Waals surface area contributed by atoms with Gasteiger partial charge in [-0.2, -0.15) is 12.7 Å². The lowest BCUT2D eigenvalue weighted by molar-refractivity contribution is -0.122. The molecule has 0 saturated carbocycles. The summed E-state index contributed by atoms with van der Waals surface area (Å²) in [5, 5.41) is 0.633. The van der Waals surface area contributed by atoms with Gasteiger partial charge in [0, 0.05) is 30.2 Å². The maximum Gasteiger partial charge on any atom is 0.304 e. The minimum atomic E-state index is -3.77. The Hall–Kier alpha value is -2.42. The van der Waals surface area contributed by atoms with E-state index in [2.05, 4.69) is 0 Å². The molecule has 2 saturated heterocycles. The van der Waals surface area contributed by atoms with Crippen LogP contribution < -0.4 is 4.72 Å². The second-order valence-corrected chi connectivity index (χ2v) is 8.50. The maximum atomic E-state index is 12.9. The van der Waals surface area contributed by atoms with E-state index >= 15 is 0 Å². The largest absolute Gasteiger partial charge is 0.335 e. The van der Waals surface area contributed by atoms with Gasteiger partial charge in [-0.05, 0) is 35.4 Å². The molecule has 1 N–H and O–H groups in total. The Bertz CT molecular complexity index is 1020. The number of benzene rings is 2. The number of nitrogens with zero attached hydrogens (tertiary/aromatic N) is 2. The van der Waals surface area contributed by atoms with Crippen molar-refractivity contribution in [2.24, 2.45) is 0 Å². The lowest BCUT2D eigenvalue weighted by Crippen LogP contribution is -2.54. The summed E-state index contributed by atoms with van der Waals surface area (Å²) >= 11 is 5.92. The Morgan fingerprint density at radius 1 is 1.07 bits per heavy atom. The number of rotatable bonds is 2. The molecule has 7 nitrogen and oxygen atoms in total. The number of hydrogen-bond donors (Lipinski definition) is 1. The fourth-order valence-electron chi connectivity index (χ4n) is 3.36. The molecule has 140 valence electrons. The van der Waals surface area contributed by atoms with Crippen LogP contribution in [0.5, 0.6) is 0 Å². The van der Waals surface area contributed by atoms with E-state index in [1.165, 1.54) is 4.90 Å². The average molecular weight is 406 g/mol. The highest BCUT2D eigenvalue weighted by atomic mass is 35.5. The quantitative estimate of drug-likeness (QED) is 0.820. The van der Waals surface area contributed by atoms with Crippen LogP contribution in [0.2, 0.25) is 5.02 Å². The Balaban J connectivity index is 1.56. The van der Waals surface area contributed by atoms with Gasteiger partial charge in [0.25, 0.3) is 11.8 Å². The highest BCUT2D eigenvalue weighted by molar-refractivity contribution is 7.88. The lowest BCUT2D eigenvalue weighted by atomic mass is 10.0. The van der Waals surface area contributed by atoms with E-state index in [-0.39, 0.29) is 25.5 Å². The zero-order valence-corrected chi connectivity index (χ0v) is 15.7. The minimum Gasteiger partial charge on any atom is -0.335 e. The van der Waals surface area contributed by atoms with Gasteiger partial charge in [0.05, 0.1) is 0 Å². The molecular weight excluding hydrogens is 390 g/mol. The highest BCUT2D eigenvalue weighted by Gasteiger charge is 2.47. The number of amides is 2. The third kappa shape index (κ3) is 3.31. The number of carbonyl (C=O) groups excluding carboxylic acids is 2. The van der Waals surface area contributed by atoms with Gasteiger partial charge < -0.3 is 4.90 Å². The first-order valence-corrected chi connectivity index (χ1v) is 10.2. The number of fused-ring (bicyclic) bond motifs is 1. The van der Waals surface area contributed by atoms with Crippen molar-refractivity contribution in [2.75, 3.05) is 19.6 Å². The molecule has 2 heterocycles. The topological polar surface area (TPSA) is 86.8 Å². The van der Waals surface area contributed by atoms with Crippen molar-refractivity contribution in [3.05, 3.63) is 59.1 Å². The number of carbonyl (C=O) groups is 2. The van der Waals surface area contributed by atoms with E-state index < -0.39 is 22.2 Å². The number of hydrogen-bond acceptors (Lipinski definition) is 4. The summed E-state index contributed by atoms with van der Waals surface area (Å²) in [5.74, 6) is -0.829. The maximum absolute atomic E-state index is 12.9. The molecule has 0 aromatic heterocycles. The standard InChI is InChI=1S/C18H16ClN3O4S/c19-15-6-4-12(5-7-15)13-2-1-3-14(10-13)18(24)21-8-9-22-16(11-21)17(23)20-27(22,25)26/h1-7,10,16H,8-9,11H2,(H,20,23). The molecule has 1 atom stereocenters. The van der Waals surface area contributed by atoms with Gasteiger partial charge in [-0.15, -0.1) is 0 Å². The monoisotopic (exact) mass is 405 g/mol. The van der Waals surface area contributed by atoms with Crippen LogP contribution in [-0.2, 0) is 15.0 Å². The summed E-state index contributed by atoms with van der Waals surface area (Å²) in [4.78, 5) is 26.3. The predicted octanol–water partition coefficient (Wildman–Crippen LogP) is 1.51. The van der Waals surface area contributed by atoms with Crippen LogP contribution in [0.25, 0.3) is 11.1 Å². The van der Waals surface area contributed by atoms with Crippen LogP contribution in [0.4, 0.5) is 0 Å². The Morgan fingerprint density at radius 3 is 2.56 bits per heavy atom. The molecule has 2 amide bonds. The van der Waals surface area contributed by atoms with Crippen LogP contribution in [0, 0.1) is 0 Å². The molecule has 0 spiro atoms. The molecular formula is C18H16ClN3O4S. The average Bonchev–Trinajstić information content (AvgIpc) is 2.90. The number of nitrogens with one attached hydrogen (secondary N) is 1. The van der Waals surface area contributed by atoms with Gasteiger partial charge in [-0.3, -0.25) is 9.59 Å². The number of piperazine rings is 1. The van der Waals surface area contributed by atoms with Crippen LogP contribution in [0.1, 0.15) is 10.4 Å². The summed E-state index contributed by atoms with van der Waals surface area (Å²) < 4.78 is 26.8. The molecule has 2 aromatic carbocycles. The predicted molar refractivity (Wildman–Crippen MR) is 100 cm³/mol. The molecule has 2 fully saturated rings. The summed E-state index contributed by atoms with van der Waals surface area (Å²) in [5.41, 5.74) is 2.29. The van der Waals surface area contributed by atoms with Crippen molar-refractivity contribution < 1.29 is 18.0 Å². The molecule has 9 heteroatoms. The van der Waals surface area contributed by atoms with Crippen molar-refractivity contribution in [3.63, 3.8) is 0 Å². The SMILES string of the molecule is O=C1NS(=O)(=O)N2CCN(C(=O)c3cccc(-c4ccc(Cl)cc4)c3)CC12. The Kier molecular flexibility index (Phi) is 4.41. The zero-order chi connectivity index (χ0) is 19.2. The van der Waals surface area contributed by atoms with Crippen molar-refractivity contribution in [1.29, 1.82) is 0 Å². The molecule has 2 aliphatic heterocycles. The molecule has 1 unspecified atom stereocenters. The minimum absolute atomic E-state index is 0.0368. The fourth-order valence-corrected chi connectivity index (χ4v) is 4.82. The van der Waals surface area contributed by atoms with Crippen LogP contribution in [0.15, 0.2) is 48.5 Å². The van der Waals surface area contributed by atoms with Crippen molar-refractivity contribution in [1.82, 2.24) is 13.9 Å². The molecule has 4 rings (SSSR count). The lowest BCUT2D eigenvalue weighted by Gasteiger charge is -2.34. The van der Waals surface area contributed by atoms with Gasteiger partial charge in [0.15, 0.2) is 0 Å². The van der Waals surface area contributed by atoms with Gasteiger partial charge in [0.1, 0.15) is 6.04 Å².